The highest BCUT2D eigenvalue weighted by Crippen LogP contribution is 2.36. The number of nitriles is 1. The van der Waals surface area contributed by atoms with Gasteiger partial charge in [0.2, 0.25) is 0 Å². The molecule has 0 fully saturated rings. The van der Waals surface area contributed by atoms with E-state index in [1.54, 1.807) is 18.2 Å². The molecule has 1 aromatic carbocycles. The van der Waals surface area contributed by atoms with Gasteiger partial charge in [-0.1, -0.05) is 30.1 Å². The van der Waals surface area contributed by atoms with Crippen LogP contribution in [0.25, 0.3) is 6.08 Å². The van der Waals surface area contributed by atoms with Gasteiger partial charge in [-0.25, -0.2) is 0 Å². The highest BCUT2D eigenvalue weighted by molar-refractivity contribution is 6.36. The third kappa shape index (κ3) is 3.82. The van der Waals surface area contributed by atoms with Crippen molar-refractivity contribution in [2.75, 3.05) is 13.2 Å². The highest BCUT2D eigenvalue weighted by atomic mass is 35.5. The SMILES string of the molecule is CCCNC(=O)/C(C#N)=C\C1=Cc2cc(Cl)cc(Cl)c2OC1. The predicted molar refractivity (Wildman–Crippen MR) is 86.9 cm³/mol. The minimum absolute atomic E-state index is 0.0416. The van der Waals surface area contributed by atoms with Crippen LogP contribution in [0, 0.1) is 11.3 Å². The number of hydrogen-bond donors (Lipinski definition) is 1. The molecule has 22 heavy (non-hydrogen) atoms. The molecule has 1 aliphatic heterocycles. The van der Waals surface area contributed by atoms with E-state index in [2.05, 4.69) is 5.32 Å². The van der Waals surface area contributed by atoms with Crippen molar-refractivity contribution in [2.24, 2.45) is 0 Å². The molecule has 0 saturated heterocycles. The number of amides is 1. The Kier molecular flexibility index (Phi) is 5.48. The molecule has 0 unspecified atom stereocenters. The van der Waals surface area contributed by atoms with Gasteiger partial charge in [0.1, 0.15) is 24.0 Å². The maximum atomic E-state index is 11.8. The summed E-state index contributed by atoms with van der Waals surface area (Å²) in [6, 6.07) is 5.23. The lowest BCUT2D eigenvalue weighted by Crippen LogP contribution is -2.25. The second-order valence-electron chi connectivity index (χ2n) is 4.74. The number of hydrogen-bond acceptors (Lipinski definition) is 3. The van der Waals surface area contributed by atoms with E-state index < -0.39 is 0 Å². The second-order valence-corrected chi connectivity index (χ2v) is 5.58. The van der Waals surface area contributed by atoms with Crippen LogP contribution in [0.5, 0.6) is 5.75 Å². The van der Waals surface area contributed by atoms with Crippen molar-refractivity contribution < 1.29 is 9.53 Å². The Morgan fingerprint density at radius 2 is 2.27 bits per heavy atom. The molecule has 0 bridgehead atoms. The molecule has 6 heteroatoms. The van der Waals surface area contributed by atoms with Crippen molar-refractivity contribution in [3.63, 3.8) is 0 Å². The second kappa shape index (κ2) is 7.35. The fourth-order valence-corrected chi connectivity index (χ4v) is 2.55. The Morgan fingerprint density at radius 3 is 2.95 bits per heavy atom. The fraction of sp³-hybridized carbons (Fsp3) is 0.250. The van der Waals surface area contributed by atoms with Gasteiger partial charge in [0, 0.05) is 17.1 Å². The van der Waals surface area contributed by atoms with Gasteiger partial charge in [-0.2, -0.15) is 5.26 Å². The average molecular weight is 337 g/mol. The maximum Gasteiger partial charge on any atom is 0.261 e. The summed E-state index contributed by atoms with van der Waals surface area (Å²) in [6.45, 7) is 2.71. The van der Waals surface area contributed by atoms with Crippen molar-refractivity contribution in [1.29, 1.82) is 5.26 Å². The first-order valence-electron chi connectivity index (χ1n) is 6.77. The van der Waals surface area contributed by atoms with Gasteiger partial charge in [0.15, 0.2) is 0 Å². The zero-order valence-corrected chi connectivity index (χ0v) is 13.5. The van der Waals surface area contributed by atoms with Crippen LogP contribution in [0.3, 0.4) is 0 Å². The van der Waals surface area contributed by atoms with Crippen molar-refractivity contribution in [2.45, 2.75) is 13.3 Å². The summed E-state index contributed by atoms with van der Waals surface area (Å²) in [5.74, 6) is 0.164. The molecule has 2 rings (SSSR count). The minimum atomic E-state index is -0.389. The highest BCUT2D eigenvalue weighted by Gasteiger charge is 2.16. The molecule has 114 valence electrons. The lowest BCUT2D eigenvalue weighted by atomic mass is 10.0. The first-order chi connectivity index (χ1) is 10.5. The summed E-state index contributed by atoms with van der Waals surface area (Å²) in [4.78, 5) is 11.8. The summed E-state index contributed by atoms with van der Waals surface area (Å²) >= 11 is 12.0. The molecule has 0 aliphatic carbocycles. The number of carbonyl (C=O) groups excluding carboxylic acids is 1. The van der Waals surface area contributed by atoms with Gasteiger partial charge in [-0.3, -0.25) is 4.79 Å². The molecule has 0 atom stereocenters. The maximum absolute atomic E-state index is 11.8. The standard InChI is InChI=1S/C16H14Cl2N2O2/c1-2-3-20-16(21)12(8-19)5-10-4-11-6-13(17)7-14(18)15(11)22-9-10/h4-7H,2-3,9H2,1H3,(H,20,21)/b12-5-. The van der Waals surface area contributed by atoms with Gasteiger partial charge in [0.25, 0.3) is 5.91 Å². The zero-order chi connectivity index (χ0) is 16.1. The van der Waals surface area contributed by atoms with E-state index in [9.17, 15) is 4.79 Å². The molecule has 1 amide bonds. The number of nitrogens with one attached hydrogen (secondary N) is 1. The number of ether oxygens (including phenoxy) is 1. The Balaban J connectivity index is 2.29. The van der Waals surface area contributed by atoms with Gasteiger partial charge in [-0.15, -0.1) is 0 Å². The summed E-state index contributed by atoms with van der Waals surface area (Å²) < 4.78 is 5.58. The largest absolute Gasteiger partial charge is 0.487 e. The van der Waals surface area contributed by atoms with E-state index in [-0.39, 0.29) is 18.1 Å². The number of fused-ring (bicyclic) bond motifs is 1. The molecule has 1 aliphatic rings. The quantitative estimate of drug-likeness (QED) is 0.672. The Morgan fingerprint density at radius 1 is 1.50 bits per heavy atom. The summed E-state index contributed by atoms with van der Waals surface area (Å²) in [5, 5.41) is 12.7. The van der Waals surface area contributed by atoms with Gasteiger partial charge in [0.05, 0.1) is 5.02 Å². The van der Waals surface area contributed by atoms with Crippen LogP contribution >= 0.6 is 23.2 Å². The molecule has 0 spiro atoms. The van der Waals surface area contributed by atoms with E-state index in [0.29, 0.717) is 27.9 Å². The number of nitrogens with zero attached hydrogens (tertiary/aromatic N) is 1. The van der Waals surface area contributed by atoms with Crippen LogP contribution in [0.4, 0.5) is 0 Å². The monoisotopic (exact) mass is 336 g/mol. The summed E-state index contributed by atoms with van der Waals surface area (Å²) in [6.07, 6.45) is 4.13. The van der Waals surface area contributed by atoms with Crippen molar-refractivity contribution in [1.82, 2.24) is 5.32 Å². The number of carbonyl (C=O) groups is 1. The minimum Gasteiger partial charge on any atom is -0.487 e. The Hall–Kier alpha value is -1.96. The molecule has 0 aromatic heterocycles. The topological polar surface area (TPSA) is 62.1 Å². The normalized spacial score (nSPS) is 13.5. The van der Waals surface area contributed by atoms with Crippen LogP contribution in [0.15, 0.2) is 29.4 Å². The van der Waals surface area contributed by atoms with Crippen molar-refractivity contribution >= 4 is 35.2 Å². The summed E-state index contributed by atoms with van der Waals surface area (Å²) in [7, 11) is 0. The molecule has 1 aromatic rings. The molecule has 4 nitrogen and oxygen atoms in total. The van der Waals surface area contributed by atoms with Crippen LogP contribution in [-0.2, 0) is 4.79 Å². The van der Waals surface area contributed by atoms with Crippen molar-refractivity contribution in [3.8, 4) is 11.8 Å². The van der Waals surface area contributed by atoms with E-state index in [4.69, 9.17) is 33.2 Å². The predicted octanol–water partition coefficient (Wildman–Crippen LogP) is 3.75. The molecule has 0 radical (unpaired) electrons. The van der Waals surface area contributed by atoms with Gasteiger partial charge >= 0.3 is 0 Å². The number of halogens is 2. The summed E-state index contributed by atoms with van der Waals surface area (Å²) in [5.41, 5.74) is 1.47. The van der Waals surface area contributed by atoms with E-state index >= 15 is 0 Å². The number of rotatable bonds is 4. The first kappa shape index (κ1) is 16.4. The number of benzene rings is 1. The smallest absolute Gasteiger partial charge is 0.261 e. The zero-order valence-electron chi connectivity index (χ0n) is 12.0. The van der Waals surface area contributed by atoms with E-state index in [1.807, 2.05) is 13.0 Å². The Labute approximate surface area is 139 Å². The van der Waals surface area contributed by atoms with E-state index in [0.717, 1.165) is 12.0 Å². The molecule has 0 saturated carbocycles. The van der Waals surface area contributed by atoms with Crippen LogP contribution < -0.4 is 10.1 Å². The van der Waals surface area contributed by atoms with Crippen LogP contribution in [-0.4, -0.2) is 19.1 Å². The van der Waals surface area contributed by atoms with Gasteiger partial charge < -0.3 is 10.1 Å². The van der Waals surface area contributed by atoms with E-state index in [1.165, 1.54) is 6.08 Å². The molecular weight excluding hydrogens is 323 g/mol. The lowest BCUT2D eigenvalue weighted by Gasteiger charge is -2.18. The average Bonchev–Trinajstić information content (AvgIpc) is 2.49. The fourth-order valence-electron chi connectivity index (χ4n) is 1.99. The lowest BCUT2D eigenvalue weighted by molar-refractivity contribution is -0.117. The van der Waals surface area contributed by atoms with Gasteiger partial charge in [-0.05, 0) is 36.3 Å². The Bertz CT molecular complexity index is 703. The third-order valence-corrected chi connectivity index (χ3v) is 3.49. The third-order valence-electron chi connectivity index (χ3n) is 2.99. The molecule has 1 heterocycles. The first-order valence-corrected chi connectivity index (χ1v) is 7.53. The van der Waals surface area contributed by atoms with Crippen molar-refractivity contribution in [3.05, 3.63) is 45.0 Å². The van der Waals surface area contributed by atoms with Crippen LogP contribution in [0.2, 0.25) is 10.0 Å². The molecular formula is C16H14Cl2N2O2. The van der Waals surface area contributed by atoms with Crippen LogP contribution in [0.1, 0.15) is 18.9 Å². The molecule has 1 N–H and O–H groups in total.